The third kappa shape index (κ3) is 4.02. The van der Waals surface area contributed by atoms with Crippen LogP contribution in [0, 0.1) is 5.82 Å². The van der Waals surface area contributed by atoms with Gasteiger partial charge in [0.25, 0.3) is 5.91 Å². The van der Waals surface area contributed by atoms with E-state index < -0.39 is 18.0 Å². The fourth-order valence-corrected chi connectivity index (χ4v) is 3.20. The molecule has 1 heterocycles. The first-order valence-corrected chi connectivity index (χ1v) is 9.10. The summed E-state index contributed by atoms with van der Waals surface area (Å²) in [5.41, 5.74) is 7.84. The molecule has 0 radical (unpaired) electrons. The summed E-state index contributed by atoms with van der Waals surface area (Å²) in [6.07, 6.45) is 0.704. The van der Waals surface area contributed by atoms with Crippen LogP contribution in [0.3, 0.4) is 0 Å². The molecule has 2 atom stereocenters. The van der Waals surface area contributed by atoms with E-state index in [1.807, 2.05) is 31.2 Å². The van der Waals surface area contributed by atoms with Gasteiger partial charge < -0.3 is 21.1 Å². The molecule has 0 aliphatic heterocycles. The van der Waals surface area contributed by atoms with Gasteiger partial charge in [0.15, 0.2) is 0 Å². The number of nitrogens with two attached hydrogens (primary N) is 1. The molecule has 142 valence electrons. The number of amides is 1. The molecule has 0 saturated carbocycles. The molecule has 2 aromatic carbocycles. The number of H-pyrrole nitrogens is 1. The number of aromatic nitrogens is 1. The minimum absolute atomic E-state index is 0.131. The van der Waals surface area contributed by atoms with Crippen LogP contribution in [0.4, 0.5) is 4.39 Å². The second-order valence-corrected chi connectivity index (χ2v) is 6.63. The van der Waals surface area contributed by atoms with Gasteiger partial charge in [-0.25, -0.2) is 4.39 Å². The molecular formula is C21H24FN3O2. The van der Waals surface area contributed by atoms with Crippen molar-refractivity contribution in [3.63, 3.8) is 0 Å². The Morgan fingerprint density at radius 3 is 2.67 bits per heavy atom. The first-order chi connectivity index (χ1) is 13.0. The number of fused-ring (bicyclic) bond motifs is 1. The highest BCUT2D eigenvalue weighted by molar-refractivity contribution is 6.09. The lowest BCUT2D eigenvalue weighted by Gasteiger charge is -2.18. The highest BCUT2D eigenvalue weighted by Crippen LogP contribution is 2.33. The van der Waals surface area contributed by atoms with Crippen molar-refractivity contribution in [3.05, 3.63) is 60.0 Å². The van der Waals surface area contributed by atoms with Crippen LogP contribution >= 0.6 is 0 Å². The van der Waals surface area contributed by atoms with Crippen LogP contribution in [0.25, 0.3) is 22.0 Å². The maximum absolute atomic E-state index is 14.4. The Kier molecular flexibility index (Phi) is 5.88. The summed E-state index contributed by atoms with van der Waals surface area (Å²) in [7, 11) is 0. The molecule has 3 rings (SSSR count). The molecule has 27 heavy (non-hydrogen) atoms. The molecule has 0 bridgehead atoms. The number of benzene rings is 2. The summed E-state index contributed by atoms with van der Waals surface area (Å²) in [5.74, 6) is -0.782. The van der Waals surface area contributed by atoms with Crippen LogP contribution in [0.5, 0.6) is 0 Å². The van der Waals surface area contributed by atoms with E-state index in [2.05, 4.69) is 10.3 Å². The molecule has 0 spiro atoms. The average Bonchev–Trinajstić information content (AvgIpc) is 3.06. The van der Waals surface area contributed by atoms with E-state index in [-0.39, 0.29) is 18.1 Å². The predicted molar refractivity (Wildman–Crippen MR) is 105 cm³/mol. The standard InChI is InChI=1S/C21H24FN3O2/c1-2-7-18(26)16(23)12-24-21(27)20-19(13-8-3-5-10-15(13)22)14-9-4-6-11-17(14)25-20/h3-6,8-11,16,18,25-26H,2,7,12,23H2,1H3,(H,24,27)/t16-,18?/m0/s1. The molecule has 5 N–H and O–H groups in total. The number of carbonyl (C=O) groups excluding carboxylic acids is 1. The molecule has 1 amide bonds. The lowest BCUT2D eigenvalue weighted by atomic mass is 10.0. The van der Waals surface area contributed by atoms with Crippen molar-refractivity contribution in [2.75, 3.05) is 6.54 Å². The number of nitrogens with one attached hydrogen (secondary N) is 2. The van der Waals surface area contributed by atoms with E-state index in [1.54, 1.807) is 18.2 Å². The van der Waals surface area contributed by atoms with Crippen molar-refractivity contribution < 1.29 is 14.3 Å². The molecule has 6 heteroatoms. The van der Waals surface area contributed by atoms with E-state index >= 15 is 0 Å². The van der Waals surface area contributed by atoms with Crippen LogP contribution in [0.15, 0.2) is 48.5 Å². The molecule has 1 unspecified atom stereocenters. The number of hydrogen-bond donors (Lipinski definition) is 4. The zero-order chi connectivity index (χ0) is 19.4. The summed E-state index contributed by atoms with van der Waals surface area (Å²) in [4.78, 5) is 15.9. The molecule has 0 aliphatic rings. The van der Waals surface area contributed by atoms with Gasteiger partial charge >= 0.3 is 0 Å². The molecule has 1 aromatic heterocycles. The summed E-state index contributed by atoms with van der Waals surface area (Å²) in [6.45, 7) is 2.09. The topological polar surface area (TPSA) is 91.1 Å². The van der Waals surface area contributed by atoms with Crippen molar-refractivity contribution in [2.24, 2.45) is 5.73 Å². The Morgan fingerprint density at radius 2 is 1.93 bits per heavy atom. The van der Waals surface area contributed by atoms with Gasteiger partial charge in [0.2, 0.25) is 0 Å². The molecule has 0 fully saturated rings. The van der Waals surface area contributed by atoms with E-state index in [4.69, 9.17) is 5.73 Å². The summed E-state index contributed by atoms with van der Waals surface area (Å²) in [6, 6.07) is 13.2. The first-order valence-electron chi connectivity index (χ1n) is 9.10. The van der Waals surface area contributed by atoms with E-state index in [1.165, 1.54) is 6.07 Å². The monoisotopic (exact) mass is 369 g/mol. The zero-order valence-electron chi connectivity index (χ0n) is 15.2. The largest absolute Gasteiger partial charge is 0.391 e. The van der Waals surface area contributed by atoms with Crippen LogP contribution in [0.2, 0.25) is 0 Å². The first kappa shape index (κ1) is 19.1. The summed E-state index contributed by atoms with van der Waals surface area (Å²) >= 11 is 0. The Hall–Kier alpha value is -2.70. The van der Waals surface area contributed by atoms with Crippen LogP contribution in [0.1, 0.15) is 30.3 Å². The Balaban J connectivity index is 1.93. The van der Waals surface area contributed by atoms with Gasteiger partial charge in [0, 0.05) is 34.6 Å². The molecule has 5 nitrogen and oxygen atoms in total. The van der Waals surface area contributed by atoms with Crippen molar-refractivity contribution in [3.8, 4) is 11.1 Å². The number of aliphatic hydroxyl groups is 1. The van der Waals surface area contributed by atoms with Gasteiger partial charge in [-0.05, 0) is 18.6 Å². The quantitative estimate of drug-likeness (QED) is 0.515. The Labute approximate surface area is 157 Å². The molecule has 3 aromatic rings. The van der Waals surface area contributed by atoms with E-state index in [0.717, 1.165) is 17.3 Å². The number of aromatic amines is 1. The van der Waals surface area contributed by atoms with Crippen LogP contribution in [-0.2, 0) is 0 Å². The molecule has 0 aliphatic carbocycles. The minimum Gasteiger partial charge on any atom is -0.391 e. The average molecular weight is 369 g/mol. The lowest BCUT2D eigenvalue weighted by Crippen LogP contribution is -2.45. The number of carbonyl (C=O) groups is 1. The summed E-state index contributed by atoms with van der Waals surface area (Å²) in [5, 5.41) is 13.5. The number of aliphatic hydroxyl groups excluding tert-OH is 1. The third-order valence-electron chi connectivity index (χ3n) is 4.65. The lowest BCUT2D eigenvalue weighted by molar-refractivity contribution is 0.0923. The number of para-hydroxylation sites is 1. The van der Waals surface area contributed by atoms with Gasteiger partial charge in [-0.1, -0.05) is 49.7 Å². The number of halogens is 1. The zero-order valence-corrected chi connectivity index (χ0v) is 15.2. The molecule has 0 saturated heterocycles. The predicted octanol–water partition coefficient (Wildman–Crippen LogP) is 3.19. The highest BCUT2D eigenvalue weighted by Gasteiger charge is 2.22. The maximum Gasteiger partial charge on any atom is 0.268 e. The second kappa shape index (κ2) is 8.33. The highest BCUT2D eigenvalue weighted by atomic mass is 19.1. The maximum atomic E-state index is 14.4. The van der Waals surface area contributed by atoms with Gasteiger partial charge in [-0.2, -0.15) is 0 Å². The number of rotatable bonds is 7. The number of hydrogen-bond acceptors (Lipinski definition) is 3. The van der Waals surface area contributed by atoms with Gasteiger partial charge in [0.05, 0.1) is 6.10 Å². The Bertz CT molecular complexity index is 938. The van der Waals surface area contributed by atoms with E-state index in [0.29, 0.717) is 17.5 Å². The smallest absolute Gasteiger partial charge is 0.268 e. The molecular weight excluding hydrogens is 345 g/mol. The summed E-state index contributed by atoms with van der Waals surface area (Å²) < 4.78 is 14.4. The normalized spacial score (nSPS) is 13.5. The fraction of sp³-hybridized carbons (Fsp3) is 0.286. The van der Waals surface area contributed by atoms with Gasteiger partial charge in [0.1, 0.15) is 11.5 Å². The van der Waals surface area contributed by atoms with Crippen LogP contribution < -0.4 is 11.1 Å². The third-order valence-corrected chi connectivity index (χ3v) is 4.65. The van der Waals surface area contributed by atoms with Crippen molar-refractivity contribution in [2.45, 2.75) is 31.9 Å². The van der Waals surface area contributed by atoms with Crippen molar-refractivity contribution in [1.29, 1.82) is 0 Å². The van der Waals surface area contributed by atoms with Gasteiger partial charge in [-0.15, -0.1) is 0 Å². The van der Waals surface area contributed by atoms with Crippen molar-refractivity contribution >= 4 is 16.8 Å². The van der Waals surface area contributed by atoms with Gasteiger partial charge in [-0.3, -0.25) is 4.79 Å². The van der Waals surface area contributed by atoms with E-state index in [9.17, 15) is 14.3 Å². The fourth-order valence-electron chi connectivity index (χ4n) is 3.20. The van der Waals surface area contributed by atoms with Crippen molar-refractivity contribution in [1.82, 2.24) is 10.3 Å². The SMILES string of the molecule is CCCC(O)[C@@H](N)CNC(=O)c1[nH]c2ccccc2c1-c1ccccc1F. The Morgan fingerprint density at radius 1 is 1.22 bits per heavy atom. The second-order valence-electron chi connectivity index (χ2n) is 6.63. The minimum atomic E-state index is -0.677. The van der Waals surface area contributed by atoms with Crippen LogP contribution in [-0.4, -0.2) is 34.7 Å².